The van der Waals surface area contributed by atoms with Gasteiger partial charge in [-0.15, -0.1) is 0 Å². The van der Waals surface area contributed by atoms with Crippen LogP contribution in [0.3, 0.4) is 0 Å². The van der Waals surface area contributed by atoms with Crippen LogP contribution in [0.1, 0.15) is 20.8 Å². The number of rotatable bonds is 10. The summed E-state index contributed by atoms with van der Waals surface area (Å²) in [5.74, 6) is 0. The smallest absolute Gasteiger partial charge is 0.177 e. The van der Waals surface area contributed by atoms with E-state index in [1.165, 1.54) is 0 Å². The summed E-state index contributed by atoms with van der Waals surface area (Å²) >= 11 is 1.74. The molecule has 8 nitrogen and oxygen atoms in total. The Bertz CT molecular complexity index is 162. The number of ether oxygens (including phenoxy) is 3. The maximum Gasteiger partial charge on any atom is 0.177 e. The van der Waals surface area contributed by atoms with E-state index < -0.39 is 12.4 Å². The van der Waals surface area contributed by atoms with Crippen LogP contribution in [0.5, 0.6) is 0 Å². The van der Waals surface area contributed by atoms with Crippen molar-refractivity contribution in [3.63, 3.8) is 0 Å². The van der Waals surface area contributed by atoms with E-state index in [0.29, 0.717) is 33.0 Å². The highest BCUT2D eigenvalue weighted by molar-refractivity contribution is 14.1. The van der Waals surface area contributed by atoms with Crippen molar-refractivity contribution >= 4 is 23.0 Å². The molecule has 0 fully saturated rings. The van der Waals surface area contributed by atoms with E-state index >= 15 is 0 Å². The van der Waals surface area contributed by atoms with Crippen molar-refractivity contribution in [2.75, 3.05) is 46.4 Å². The zero-order chi connectivity index (χ0) is 16.9. The molecule has 0 aromatic heterocycles. The second kappa shape index (κ2) is 25.4. The lowest BCUT2D eigenvalue weighted by Crippen LogP contribution is -2.19. The van der Waals surface area contributed by atoms with Gasteiger partial charge in [0.2, 0.25) is 0 Å². The highest BCUT2D eigenvalue weighted by atomic mass is 127. The Balaban J connectivity index is -0.000000242. The second-order valence-corrected chi connectivity index (χ2v) is 3.93. The Hall–Kier alpha value is 0.410. The van der Waals surface area contributed by atoms with Crippen molar-refractivity contribution in [1.29, 1.82) is 0 Å². The maximum atomic E-state index is 8.93. The van der Waals surface area contributed by atoms with Crippen LogP contribution in [0.25, 0.3) is 0 Å². The molecule has 21 heavy (non-hydrogen) atoms. The van der Waals surface area contributed by atoms with Crippen LogP contribution < -0.4 is 0 Å². The van der Waals surface area contributed by atoms with Crippen LogP contribution in [-0.4, -0.2) is 79.3 Å². The van der Waals surface area contributed by atoms with Gasteiger partial charge < -0.3 is 37.7 Å². The van der Waals surface area contributed by atoms with E-state index in [1.807, 2.05) is 13.8 Å². The number of aliphatic hydroxyl groups is 4. The lowest BCUT2D eigenvalue weighted by Gasteiger charge is -2.06. The third-order valence-corrected chi connectivity index (χ3v) is 1.94. The van der Waals surface area contributed by atoms with Crippen molar-refractivity contribution in [2.45, 2.75) is 33.2 Å². The average molecular weight is 428 g/mol. The molecule has 0 aliphatic rings. The van der Waals surface area contributed by atoms with E-state index in [1.54, 1.807) is 29.9 Å². The summed E-state index contributed by atoms with van der Waals surface area (Å²) in [4.78, 5) is 0. The molecule has 2 atom stereocenters. The first-order valence-corrected chi connectivity index (χ1v) is 7.50. The molecule has 0 amide bonds. The number of hydrogen-bond acceptors (Lipinski definition) is 8. The van der Waals surface area contributed by atoms with Crippen molar-refractivity contribution in [1.82, 2.24) is 0 Å². The Labute approximate surface area is 140 Å². The maximum absolute atomic E-state index is 8.93. The monoisotopic (exact) mass is 428 g/mol. The van der Waals surface area contributed by atoms with Crippen molar-refractivity contribution in [2.24, 2.45) is 0 Å². The molecule has 0 aliphatic heterocycles. The van der Waals surface area contributed by atoms with Crippen LogP contribution in [-0.2, 0) is 17.3 Å². The summed E-state index contributed by atoms with van der Waals surface area (Å²) in [6.45, 7) is 7.34. The van der Waals surface area contributed by atoms with Gasteiger partial charge in [0.05, 0.1) is 19.8 Å². The van der Waals surface area contributed by atoms with Crippen molar-refractivity contribution in [3.8, 4) is 0 Å². The van der Waals surface area contributed by atoms with Gasteiger partial charge in [0.1, 0.15) is 35.9 Å². The molecule has 0 spiro atoms. The Morgan fingerprint density at radius 2 is 1.48 bits per heavy atom. The summed E-state index contributed by atoms with van der Waals surface area (Å²) in [5, 5.41) is 33.2. The first kappa shape index (κ1) is 26.3. The zero-order valence-corrected chi connectivity index (χ0v) is 15.1. The third kappa shape index (κ3) is 33.3. The van der Waals surface area contributed by atoms with Gasteiger partial charge in [0, 0.05) is 19.8 Å². The fraction of sp³-hybridized carbons (Fsp3) is 1.00. The van der Waals surface area contributed by atoms with Crippen LogP contribution in [0.2, 0.25) is 0 Å². The lowest BCUT2D eigenvalue weighted by atomic mass is 10.4. The SMILES string of the molecule is CCOC(O)CO.CCOCC(O)COI.CCOCO. The molecule has 0 saturated heterocycles. The second-order valence-electron chi connectivity index (χ2n) is 3.30. The fourth-order valence-electron chi connectivity index (χ4n) is 0.711. The molecule has 0 bridgehead atoms. The number of aliphatic hydroxyl groups excluding tert-OH is 4. The molecular weight excluding hydrogens is 399 g/mol. The number of hydrogen-bond donors (Lipinski definition) is 4. The highest BCUT2D eigenvalue weighted by Crippen LogP contribution is 1.91. The summed E-state index contributed by atoms with van der Waals surface area (Å²) in [7, 11) is 0. The minimum absolute atomic E-state index is 0.156. The van der Waals surface area contributed by atoms with Crippen LogP contribution in [0.4, 0.5) is 0 Å². The van der Waals surface area contributed by atoms with E-state index in [-0.39, 0.29) is 13.4 Å². The molecule has 0 saturated carbocycles. The fourth-order valence-corrected chi connectivity index (χ4v) is 1.13. The quantitative estimate of drug-likeness (QED) is 0.285. The molecule has 0 radical (unpaired) electrons. The predicted molar refractivity (Wildman–Crippen MR) is 85.9 cm³/mol. The summed E-state index contributed by atoms with van der Waals surface area (Å²) < 4.78 is 18.4. The molecule has 0 rings (SSSR count). The van der Waals surface area contributed by atoms with Gasteiger partial charge in [0.25, 0.3) is 0 Å². The minimum atomic E-state index is -0.995. The van der Waals surface area contributed by atoms with Crippen molar-refractivity contribution < 1.29 is 37.7 Å². The van der Waals surface area contributed by atoms with Crippen LogP contribution >= 0.6 is 23.0 Å². The molecule has 0 heterocycles. The molecule has 9 heteroatoms. The Kier molecular flexibility index (Phi) is 31.8. The molecule has 0 aliphatic carbocycles. The predicted octanol–water partition coefficient (Wildman–Crippen LogP) is 0.0567. The van der Waals surface area contributed by atoms with Gasteiger partial charge in [-0.1, -0.05) is 0 Å². The van der Waals surface area contributed by atoms with Gasteiger partial charge >= 0.3 is 0 Å². The highest BCUT2D eigenvalue weighted by Gasteiger charge is 2.01. The van der Waals surface area contributed by atoms with Gasteiger partial charge in [-0.3, -0.25) is 0 Å². The third-order valence-electron chi connectivity index (χ3n) is 1.58. The van der Waals surface area contributed by atoms with Gasteiger partial charge in [0.15, 0.2) is 6.29 Å². The zero-order valence-electron chi connectivity index (χ0n) is 12.9. The number of halogens is 1. The molecular formula is C12H29IO8. The molecule has 0 aromatic rings. The molecule has 4 N–H and O–H groups in total. The average Bonchev–Trinajstić information content (AvgIpc) is 2.48. The Morgan fingerprint density at radius 3 is 1.71 bits per heavy atom. The first-order valence-electron chi connectivity index (χ1n) is 6.62. The molecule has 0 aromatic carbocycles. The summed E-state index contributed by atoms with van der Waals surface area (Å²) in [5.41, 5.74) is 0. The van der Waals surface area contributed by atoms with E-state index in [2.05, 4.69) is 12.5 Å². The molecule has 2 unspecified atom stereocenters. The summed E-state index contributed by atoms with van der Waals surface area (Å²) in [6, 6.07) is 0. The van der Waals surface area contributed by atoms with Crippen LogP contribution in [0.15, 0.2) is 0 Å². The Morgan fingerprint density at radius 1 is 0.905 bits per heavy atom. The largest absolute Gasteiger partial charge is 0.391 e. The minimum Gasteiger partial charge on any atom is -0.391 e. The lowest BCUT2D eigenvalue weighted by molar-refractivity contribution is -0.120. The van der Waals surface area contributed by atoms with E-state index in [0.717, 1.165) is 0 Å². The van der Waals surface area contributed by atoms with E-state index in [9.17, 15) is 0 Å². The standard InChI is InChI=1S/C5H11IO3.C4H10O3.C3H8O2/c1-2-8-3-5(7)4-9-6;1-2-7-4(6)3-5;1-2-5-3-4/h5,7H,2-4H2,1H3;4-6H,2-3H2,1H3;4H,2-3H2,1H3. The van der Waals surface area contributed by atoms with E-state index in [4.69, 9.17) is 25.2 Å². The van der Waals surface area contributed by atoms with Gasteiger partial charge in [-0.05, 0) is 20.8 Å². The van der Waals surface area contributed by atoms with Gasteiger partial charge in [-0.2, -0.15) is 0 Å². The van der Waals surface area contributed by atoms with Crippen molar-refractivity contribution in [3.05, 3.63) is 0 Å². The van der Waals surface area contributed by atoms with Crippen LogP contribution in [0, 0.1) is 0 Å². The molecule has 132 valence electrons. The topological polar surface area (TPSA) is 118 Å². The summed E-state index contributed by atoms with van der Waals surface area (Å²) in [6.07, 6.45) is -1.48. The first-order chi connectivity index (χ1) is 10.0. The normalized spacial score (nSPS) is 12.6. The van der Waals surface area contributed by atoms with Gasteiger partial charge in [-0.25, -0.2) is 0 Å².